The molecular weight excluding hydrogens is 354 g/mol. The first-order valence-electron chi connectivity index (χ1n) is 9.36. The van der Waals surface area contributed by atoms with E-state index in [-0.39, 0.29) is 12.7 Å². The molecule has 2 heterocycles. The van der Waals surface area contributed by atoms with Crippen LogP contribution in [0.15, 0.2) is 48.5 Å². The minimum Gasteiger partial charge on any atom is -0.454 e. The molecule has 1 N–H and O–H groups in total. The molecule has 0 aliphatic carbocycles. The Morgan fingerprint density at radius 3 is 2.54 bits per heavy atom. The lowest BCUT2D eigenvalue weighted by atomic mass is 10.1. The smallest absolute Gasteiger partial charge is 0.231 e. The summed E-state index contributed by atoms with van der Waals surface area (Å²) in [6.07, 6.45) is 1.15. The molecule has 0 radical (unpaired) electrons. The van der Waals surface area contributed by atoms with Crippen LogP contribution in [0.25, 0.3) is 5.69 Å². The summed E-state index contributed by atoms with van der Waals surface area (Å²) in [7, 11) is 0. The number of nitrogens with one attached hydrogen (secondary N) is 1. The lowest BCUT2D eigenvalue weighted by Gasteiger charge is -2.08. The van der Waals surface area contributed by atoms with E-state index in [9.17, 15) is 4.79 Å². The SMILES string of the molecule is Cc1cc(C)n(-c2ccc(CCC(=O)NCc3ccc4c(c3)OCO4)cc2)n1. The minimum absolute atomic E-state index is 0.0280. The molecule has 0 fully saturated rings. The minimum atomic E-state index is 0.0280. The fourth-order valence-corrected chi connectivity index (χ4v) is 3.29. The quantitative estimate of drug-likeness (QED) is 0.714. The van der Waals surface area contributed by atoms with Crippen LogP contribution in [-0.2, 0) is 17.8 Å². The first kappa shape index (κ1) is 18.1. The number of fused-ring (bicyclic) bond motifs is 1. The van der Waals surface area contributed by atoms with E-state index in [4.69, 9.17) is 9.47 Å². The highest BCUT2D eigenvalue weighted by atomic mass is 16.7. The molecule has 0 atom stereocenters. The molecule has 2 aromatic carbocycles. The fraction of sp³-hybridized carbons (Fsp3) is 0.273. The topological polar surface area (TPSA) is 65.4 Å². The molecule has 3 aromatic rings. The van der Waals surface area contributed by atoms with Crippen molar-refractivity contribution in [2.24, 2.45) is 0 Å². The van der Waals surface area contributed by atoms with Crippen LogP contribution in [0, 0.1) is 13.8 Å². The number of carbonyl (C=O) groups excluding carboxylic acids is 1. The summed E-state index contributed by atoms with van der Waals surface area (Å²) >= 11 is 0. The first-order chi connectivity index (χ1) is 13.6. The number of hydrogen-bond donors (Lipinski definition) is 1. The maximum absolute atomic E-state index is 12.2. The van der Waals surface area contributed by atoms with Crippen LogP contribution in [0.4, 0.5) is 0 Å². The Balaban J connectivity index is 1.28. The zero-order chi connectivity index (χ0) is 19.5. The molecule has 1 aliphatic heterocycles. The van der Waals surface area contributed by atoms with Gasteiger partial charge < -0.3 is 14.8 Å². The normalized spacial score (nSPS) is 12.2. The van der Waals surface area contributed by atoms with Gasteiger partial charge in [-0.15, -0.1) is 0 Å². The Morgan fingerprint density at radius 2 is 1.79 bits per heavy atom. The molecule has 0 bridgehead atoms. The van der Waals surface area contributed by atoms with Gasteiger partial charge in [0.25, 0.3) is 0 Å². The van der Waals surface area contributed by atoms with Crippen LogP contribution in [0.3, 0.4) is 0 Å². The summed E-state index contributed by atoms with van der Waals surface area (Å²) in [6.45, 7) is 4.76. The Kier molecular flexibility index (Phi) is 5.02. The van der Waals surface area contributed by atoms with Crippen LogP contribution >= 0.6 is 0 Å². The number of nitrogens with zero attached hydrogens (tertiary/aromatic N) is 2. The maximum atomic E-state index is 12.2. The highest BCUT2D eigenvalue weighted by Gasteiger charge is 2.13. The number of ether oxygens (including phenoxy) is 2. The van der Waals surface area contributed by atoms with Crippen molar-refractivity contribution in [3.05, 3.63) is 71.0 Å². The van der Waals surface area contributed by atoms with Gasteiger partial charge in [0.2, 0.25) is 12.7 Å². The zero-order valence-corrected chi connectivity index (χ0v) is 16.1. The molecule has 28 heavy (non-hydrogen) atoms. The van der Waals surface area contributed by atoms with E-state index in [1.165, 1.54) is 0 Å². The predicted octanol–water partition coefficient (Wildman–Crippen LogP) is 3.47. The van der Waals surface area contributed by atoms with Crippen molar-refractivity contribution in [1.29, 1.82) is 0 Å². The highest BCUT2D eigenvalue weighted by molar-refractivity contribution is 5.76. The van der Waals surface area contributed by atoms with Gasteiger partial charge in [0, 0.05) is 18.7 Å². The highest BCUT2D eigenvalue weighted by Crippen LogP contribution is 2.32. The summed E-state index contributed by atoms with van der Waals surface area (Å²) in [5.74, 6) is 1.51. The van der Waals surface area contributed by atoms with E-state index in [1.54, 1.807) is 0 Å². The third-order valence-electron chi connectivity index (χ3n) is 4.76. The van der Waals surface area contributed by atoms with Gasteiger partial charge in [-0.2, -0.15) is 5.10 Å². The number of carbonyl (C=O) groups is 1. The summed E-state index contributed by atoms with van der Waals surface area (Å²) in [6, 6.07) is 15.9. The van der Waals surface area contributed by atoms with Crippen molar-refractivity contribution < 1.29 is 14.3 Å². The molecule has 1 aliphatic rings. The van der Waals surface area contributed by atoms with Gasteiger partial charge in [-0.3, -0.25) is 4.79 Å². The van der Waals surface area contributed by atoms with Crippen molar-refractivity contribution in [2.45, 2.75) is 33.2 Å². The zero-order valence-electron chi connectivity index (χ0n) is 16.1. The van der Waals surface area contributed by atoms with Gasteiger partial charge in [-0.1, -0.05) is 18.2 Å². The monoisotopic (exact) mass is 377 g/mol. The third-order valence-corrected chi connectivity index (χ3v) is 4.76. The van der Waals surface area contributed by atoms with E-state index >= 15 is 0 Å². The number of benzene rings is 2. The molecule has 0 unspecified atom stereocenters. The number of aromatic nitrogens is 2. The van der Waals surface area contributed by atoms with E-state index in [1.807, 2.05) is 48.9 Å². The van der Waals surface area contributed by atoms with Crippen molar-refractivity contribution in [1.82, 2.24) is 15.1 Å². The van der Waals surface area contributed by atoms with Crippen molar-refractivity contribution in [2.75, 3.05) is 6.79 Å². The van der Waals surface area contributed by atoms with E-state index in [0.717, 1.165) is 39.7 Å². The number of rotatable bonds is 6. The van der Waals surface area contributed by atoms with Crippen molar-refractivity contribution >= 4 is 5.91 Å². The molecule has 4 rings (SSSR count). The fourth-order valence-electron chi connectivity index (χ4n) is 3.29. The average molecular weight is 377 g/mol. The molecule has 0 saturated carbocycles. The Bertz CT molecular complexity index is 993. The maximum Gasteiger partial charge on any atom is 0.231 e. The third kappa shape index (κ3) is 4.01. The second-order valence-corrected chi connectivity index (χ2v) is 6.97. The van der Waals surface area contributed by atoms with Crippen LogP contribution in [0.5, 0.6) is 11.5 Å². The molecule has 0 saturated heterocycles. The lowest BCUT2D eigenvalue weighted by Crippen LogP contribution is -2.22. The van der Waals surface area contributed by atoms with E-state index < -0.39 is 0 Å². The Labute approximate surface area is 164 Å². The van der Waals surface area contributed by atoms with Crippen molar-refractivity contribution in [3.8, 4) is 17.2 Å². The summed E-state index contributed by atoms with van der Waals surface area (Å²) in [4.78, 5) is 12.2. The molecule has 6 heteroatoms. The molecule has 1 aromatic heterocycles. The largest absolute Gasteiger partial charge is 0.454 e. The van der Waals surface area contributed by atoms with Gasteiger partial charge in [0.05, 0.1) is 11.4 Å². The molecular formula is C22H23N3O3. The first-order valence-corrected chi connectivity index (χ1v) is 9.36. The van der Waals surface area contributed by atoms with E-state index in [0.29, 0.717) is 19.4 Å². The summed E-state index contributed by atoms with van der Waals surface area (Å²) < 4.78 is 12.6. The van der Waals surface area contributed by atoms with Gasteiger partial charge in [-0.05, 0) is 61.7 Å². The van der Waals surface area contributed by atoms with Crippen LogP contribution in [0.2, 0.25) is 0 Å². The van der Waals surface area contributed by atoms with Crippen LogP contribution < -0.4 is 14.8 Å². The number of amides is 1. The van der Waals surface area contributed by atoms with Crippen molar-refractivity contribution in [3.63, 3.8) is 0 Å². The Hall–Kier alpha value is -3.28. The predicted molar refractivity (Wildman–Crippen MR) is 106 cm³/mol. The van der Waals surface area contributed by atoms with E-state index in [2.05, 4.69) is 28.6 Å². The molecule has 1 amide bonds. The van der Waals surface area contributed by atoms with Crippen LogP contribution in [-0.4, -0.2) is 22.5 Å². The number of hydrogen-bond acceptors (Lipinski definition) is 4. The second kappa shape index (κ2) is 7.76. The molecule has 0 spiro atoms. The van der Waals surface area contributed by atoms with Gasteiger partial charge in [-0.25, -0.2) is 4.68 Å². The lowest BCUT2D eigenvalue weighted by molar-refractivity contribution is -0.121. The molecule has 6 nitrogen and oxygen atoms in total. The second-order valence-electron chi connectivity index (χ2n) is 6.97. The Morgan fingerprint density at radius 1 is 1.04 bits per heavy atom. The molecule has 144 valence electrons. The average Bonchev–Trinajstić information content (AvgIpc) is 3.30. The van der Waals surface area contributed by atoms with Crippen LogP contribution in [0.1, 0.15) is 28.9 Å². The number of aryl methyl sites for hydroxylation is 3. The van der Waals surface area contributed by atoms with Gasteiger partial charge in [0.1, 0.15) is 0 Å². The van der Waals surface area contributed by atoms with Gasteiger partial charge in [0.15, 0.2) is 11.5 Å². The standard InChI is InChI=1S/C22H23N3O3/c1-15-11-16(2)25(24-15)19-7-3-17(4-8-19)6-10-22(26)23-13-18-5-9-20-21(12-18)28-14-27-20/h3-5,7-9,11-12H,6,10,13-14H2,1-2H3,(H,23,26). The van der Waals surface area contributed by atoms with Gasteiger partial charge >= 0.3 is 0 Å². The summed E-state index contributed by atoms with van der Waals surface area (Å²) in [5.41, 5.74) is 5.26. The summed E-state index contributed by atoms with van der Waals surface area (Å²) in [5, 5.41) is 7.45.